The number of amides is 2. The van der Waals surface area contributed by atoms with Gasteiger partial charge in [0, 0.05) is 17.6 Å². The summed E-state index contributed by atoms with van der Waals surface area (Å²) in [6.45, 7) is 5.81. The molecule has 20 heavy (non-hydrogen) atoms. The van der Waals surface area contributed by atoms with Crippen LogP contribution in [0.3, 0.4) is 0 Å². The Morgan fingerprint density at radius 3 is 2.65 bits per heavy atom. The zero-order chi connectivity index (χ0) is 15.1. The lowest BCUT2D eigenvalue weighted by atomic mass is 10.0. The van der Waals surface area contributed by atoms with Crippen molar-refractivity contribution in [3.8, 4) is 0 Å². The number of aromatic nitrogens is 1. The van der Waals surface area contributed by atoms with Gasteiger partial charge in [-0.1, -0.05) is 13.8 Å². The highest BCUT2D eigenvalue weighted by atomic mass is 16.5. The van der Waals surface area contributed by atoms with Crippen LogP contribution in [-0.4, -0.2) is 30.1 Å². The summed E-state index contributed by atoms with van der Waals surface area (Å²) in [4.78, 5) is 27.6. The topological polar surface area (TPSA) is 80.3 Å². The Morgan fingerprint density at radius 1 is 1.40 bits per heavy atom. The molecule has 0 unspecified atom stereocenters. The number of rotatable bonds is 5. The molecule has 0 radical (unpaired) electrons. The summed E-state index contributed by atoms with van der Waals surface area (Å²) in [5.41, 5.74) is 1.46. The average Bonchev–Trinajstić information content (AvgIpc) is 2.37. The van der Waals surface area contributed by atoms with Crippen molar-refractivity contribution in [3.05, 3.63) is 24.0 Å². The van der Waals surface area contributed by atoms with Crippen LogP contribution in [0, 0.1) is 12.8 Å². The van der Waals surface area contributed by atoms with Gasteiger partial charge in [-0.25, -0.2) is 4.79 Å². The first-order valence-electron chi connectivity index (χ1n) is 6.50. The van der Waals surface area contributed by atoms with Gasteiger partial charge in [0.2, 0.25) is 5.91 Å². The van der Waals surface area contributed by atoms with E-state index in [4.69, 9.17) is 0 Å². The fourth-order valence-electron chi connectivity index (χ4n) is 1.76. The molecule has 1 heterocycles. The number of hydrogen-bond donors (Lipinski definition) is 2. The predicted molar refractivity (Wildman–Crippen MR) is 76.4 cm³/mol. The molecule has 0 aliphatic carbocycles. The Morgan fingerprint density at radius 2 is 2.10 bits per heavy atom. The first-order chi connectivity index (χ1) is 9.42. The van der Waals surface area contributed by atoms with Crippen LogP contribution in [0.4, 0.5) is 10.5 Å². The number of alkyl carbamates (subject to hydrolysis) is 1. The molecule has 2 amide bonds. The molecule has 0 spiro atoms. The van der Waals surface area contributed by atoms with Crippen molar-refractivity contribution in [2.75, 3.05) is 12.4 Å². The number of methoxy groups -OCH3 is 1. The molecule has 6 nitrogen and oxygen atoms in total. The van der Waals surface area contributed by atoms with Gasteiger partial charge in [0.1, 0.15) is 6.04 Å². The van der Waals surface area contributed by atoms with E-state index in [2.05, 4.69) is 20.4 Å². The van der Waals surface area contributed by atoms with Crippen molar-refractivity contribution in [2.45, 2.75) is 33.2 Å². The summed E-state index contributed by atoms with van der Waals surface area (Å²) in [6.07, 6.45) is 1.54. The highest BCUT2D eigenvalue weighted by molar-refractivity contribution is 5.96. The Bertz CT molecular complexity index is 474. The van der Waals surface area contributed by atoms with Crippen LogP contribution in [-0.2, 0) is 9.53 Å². The molecule has 0 aromatic carbocycles. The molecule has 1 rings (SSSR count). The SMILES string of the molecule is COC(=O)N[C@@H](CC(C)C)C(=O)Nc1ccnc(C)c1. The molecule has 2 N–H and O–H groups in total. The van der Waals surface area contributed by atoms with Gasteiger partial charge in [-0.15, -0.1) is 0 Å². The minimum atomic E-state index is -0.629. The monoisotopic (exact) mass is 279 g/mol. The summed E-state index contributed by atoms with van der Waals surface area (Å²) < 4.78 is 4.54. The van der Waals surface area contributed by atoms with Crippen molar-refractivity contribution in [2.24, 2.45) is 5.92 Å². The van der Waals surface area contributed by atoms with Gasteiger partial charge in [0.25, 0.3) is 0 Å². The summed E-state index contributed by atoms with van der Waals surface area (Å²) in [5.74, 6) is -0.00298. The van der Waals surface area contributed by atoms with E-state index < -0.39 is 12.1 Å². The number of hydrogen-bond acceptors (Lipinski definition) is 4. The number of pyridine rings is 1. The van der Waals surface area contributed by atoms with Crippen molar-refractivity contribution in [3.63, 3.8) is 0 Å². The molecule has 0 bridgehead atoms. The third kappa shape index (κ3) is 5.26. The predicted octanol–water partition coefficient (Wildman–Crippen LogP) is 2.10. The smallest absolute Gasteiger partial charge is 0.407 e. The second kappa shape index (κ2) is 7.47. The quantitative estimate of drug-likeness (QED) is 0.865. The van der Waals surface area contributed by atoms with Gasteiger partial charge in [0.05, 0.1) is 7.11 Å². The van der Waals surface area contributed by atoms with Crippen molar-refractivity contribution < 1.29 is 14.3 Å². The summed E-state index contributed by atoms with van der Waals surface area (Å²) in [5, 5.41) is 5.31. The van der Waals surface area contributed by atoms with E-state index in [9.17, 15) is 9.59 Å². The van der Waals surface area contributed by atoms with Crippen LogP contribution in [0.5, 0.6) is 0 Å². The highest BCUT2D eigenvalue weighted by Gasteiger charge is 2.22. The lowest BCUT2D eigenvalue weighted by Gasteiger charge is -2.19. The van der Waals surface area contributed by atoms with Crippen LogP contribution in [0.15, 0.2) is 18.3 Å². The fraction of sp³-hybridized carbons (Fsp3) is 0.500. The minimum Gasteiger partial charge on any atom is -0.453 e. The number of carbonyl (C=O) groups is 2. The molecule has 0 saturated heterocycles. The highest BCUT2D eigenvalue weighted by Crippen LogP contribution is 2.11. The standard InChI is InChI=1S/C14H21N3O3/c1-9(2)7-12(17-14(19)20-4)13(18)16-11-5-6-15-10(3)8-11/h5-6,8-9,12H,7H2,1-4H3,(H,17,19)(H,15,16,18)/t12-/m0/s1. The van der Waals surface area contributed by atoms with E-state index in [1.807, 2.05) is 20.8 Å². The second-order valence-electron chi connectivity index (χ2n) is 4.99. The molecule has 0 aliphatic rings. The number of aryl methyl sites for hydroxylation is 1. The molecule has 0 fully saturated rings. The molecule has 1 atom stereocenters. The maximum absolute atomic E-state index is 12.2. The molecule has 0 saturated carbocycles. The maximum Gasteiger partial charge on any atom is 0.407 e. The Labute approximate surface area is 118 Å². The van der Waals surface area contributed by atoms with E-state index in [0.29, 0.717) is 12.1 Å². The number of anilines is 1. The largest absolute Gasteiger partial charge is 0.453 e. The fourth-order valence-corrected chi connectivity index (χ4v) is 1.76. The molecular formula is C14H21N3O3. The summed E-state index contributed by atoms with van der Waals surface area (Å²) in [6, 6.07) is 2.84. The van der Waals surface area contributed by atoms with Crippen LogP contribution < -0.4 is 10.6 Å². The average molecular weight is 279 g/mol. The summed E-state index contributed by atoms with van der Waals surface area (Å²) >= 11 is 0. The third-order valence-electron chi connectivity index (χ3n) is 2.67. The van der Waals surface area contributed by atoms with E-state index in [1.54, 1.807) is 18.3 Å². The van der Waals surface area contributed by atoms with Crippen molar-refractivity contribution >= 4 is 17.7 Å². The molecule has 110 valence electrons. The van der Waals surface area contributed by atoms with E-state index in [-0.39, 0.29) is 11.8 Å². The minimum absolute atomic E-state index is 0.266. The Balaban J connectivity index is 2.74. The number of nitrogens with one attached hydrogen (secondary N) is 2. The lowest BCUT2D eigenvalue weighted by molar-refractivity contribution is -0.118. The zero-order valence-electron chi connectivity index (χ0n) is 12.3. The summed E-state index contributed by atoms with van der Waals surface area (Å²) in [7, 11) is 1.27. The van der Waals surface area contributed by atoms with E-state index >= 15 is 0 Å². The third-order valence-corrected chi connectivity index (χ3v) is 2.67. The van der Waals surface area contributed by atoms with Crippen molar-refractivity contribution in [1.29, 1.82) is 0 Å². The van der Waals surface area contributed by atoms with Gasteiger partial charge >= 0.3 is 6.09 Å². The Hall–Kier alpha value is -2.11. The van der Waals surface area contributed by atoms with Crippen LogP contribution in [0.25, 0.3) is 0 Å². The molecule has 1 aromatic rings. The van der Waals surface area contributed by atoms with Gasteiger partial charge in [-0.2, -0.15) is 0 Å². The van der Waals surface area contributed by atoms with Gasteiger partial charge in [-0.05, 0) is 31.4 Å². The molecule has 6 heteroatoms. The second-order valence-corrected chi connectivity index (χ2v) is 4.99. The van der Waals surface area contributed by atoms with Crippen LogP contribution >= 0.6 is 0 Å². The number of nitrogens with zero attached hydrogens (tertiary/aromatic N) is 1. The van der Waals surface area contributed by atoms with E-state index in [0.717, 1.165) is 5.69 Å². The number of ether oxygens (including phenoxy) is 1. The van der Waals surface area contributed by atoms with Gasteiger partial charge in [0.15, 0.2) is 0 Å². The molecule has 1 aromatic heterocycles. The zero-order valence-corrected chi connectivity index (χ0v) is 12.3. The molecule has 0 aliphatic heterocycles. The van der Waals surface area contributed by atoms with Crippen molar-refractivity contribution in [1.82, 2.24) is 10.3 Å². The molecular weight excluding hydrogens is 258 g/mol. The van der Waals surface area contributed by atoms with Gasteiger partial charge in [-0.3, -0.25) is 9.78 Å². The van der Waals surface area contributed by atoms with Gasteiger partial charge < -0.3 is 15.4 Å². The Kier molecular flexibility index (Phi) is 5.96. The lowest BCUT2D eigenvalue weighted by Crippen LogP contribution is -2.44. The number of carbonyl (C=O) groups excluding carboxylic acids is 2. The first-order valence-corrected chi connectivity index (χ1v) is 6.50. The first kappa shape index (κ1) is 15.9. The van der Waals surface area contributed by atoms with Crippen LogP contribution in [0.2, 0.25) is 0 Å². The van der Waals surface area contributed by atoms with E-state index in [1.165, 1.54) is 7.11 Å². The maximum atomic E-state index is 12.2. The normalized spacial score (nSPS) is 11.8. The van der Waals surface area contributed by atoms with Crippen LogP contribution in [0.1, 0.15) is 26.0 Å².